The first-order chi connectivity index (χ1) is 9.94. The highest BCUT2D eigenvalue weighted by atomic mass is 32.2. The van der Waals surface area contributed by atoms with Crippen LogP contribution in [-0.2, 0) is 4.79 Å². The van der Waals surface area contributed by atoms with Crippen molar-refractivity contribution in [2.24, 2.45) is 0 Å². The molecule has 1 amide bonds. The second kappa shape index (κ2) is 6.72. The summed E-state index contributed by atoms with van der Waals surface area (Å²) in [7, 11) is 0. The van der Waals surface area contributed by atoms with Gasteiger partial charge in [0.15, 0.2) is 5.16 Å². The molecule has 110 valence electrons. The quantitative estimate of drug-likeness (QED) is 0.693. The Hall–Kier alpha value is -1.88. The first kappa shape index (κ1) is 15.5. The average Bonchev–Trinajstić information content (AvgIpc) is 2.37. The molecule has 1 aromatic carbocycles. The van der Waals surface area contributed by atoms with E-state index < -0.39 is 0 Å². The molecule has 2 rings (SSSR count). The normalized spacial score (nSPS) is 12.0. The zero-order chi connectivity index (χ0) is 15.4. The molecular formula is C16H19N3OS. The molecular weight excluding hydrogens is 282 g/mol. The fourth-order valence-electron chi connectivity index (χ4n) is 1.92. The summed E-state index contributed by atoms with van der Waals surface area (Å²) in [6.07, 6.45) is 0. The number of hydrogen-bond acceptors (Lipinski definition) is 4. The third-order valence-corrected chi connectivity index (χ3v) is 3.86. The molecule has 21 heavy (non-hydrogen) atoms. The van der Waals surface area contributed by atoms with Crippen LogP contribution in [0.3, 0.4) is 0 Å². The molecule has 0 unspecified atom stereocenters. The molecule has 0 spiro atoms. The van der Waals surface area contributed by atoms with Crippen molar-refractivity contribution in [2.75, 3.05) is 5.32 Å². The van der Waals surface area contributed by atoms with Crippen LogP contribution in [0.15, 0.2) is 35.5 Å². The summed E-state index contributed by atoms with van der Waals surface area (Å²) in [4.78, 5) is 20.9. The number of aryl methyl sites for hydroxylation is 3. The SMILES string of the molecule is Cc1cccc(NC(=O)[C@H](C)Sc2nc(C)cc(C)n2)c1. The fourth-order valence-corrected chi connectivity index (χ4v) is 2.80. The molecule has 0 saturated carbocycles. The lowest BCUT2D eigenvalue weighted by molar-refractivity contribution is -0.115. The highest BCUT2D eigenvalue weighted by Crippen LogP contribution is 2.21. The molecule has 1 aromatic heterocycles. The summed E-state index contributed by atoms with van der Waals surface area (Å²) < 4.78 is 0. The summed E-state index contributed by atoms with van der Waals surface area (Å²) >= 11 is 1.37. The molecule has 2 aromatic rings. The standard InChI is InChI=1S/C16H19N3OS/c1-10-6-5-7-14(8-10)19-15(20)13(4)21-16-17-11(2)9-12(3)18-16/h5-9,13H,1-4H3,(H,19,20)/t13-/m0/s1. The lowest BCUT2D eigenvalue weighted by Crippen LogP contribution is -2.22. The van der Waals surface area contributed by atoms with Gasteiger partial charge >= 0.3 is 0 Å². The zero-order valence-corrected chi connectivity index (χ0v) is 13.5. The summed E-state index contributed by atoms with van der Waals surface area (Å²) in [6, 6.07) is 9.67. The minimum Gasteiger partial charge on any atom is -0.325 e. The van der Waals surface area contributed by atoms with Crippen molar-refractivity contribution in [3.63, 3.8) is 0 Å². The van der Waals surface area contributed by atoms with Gasteiger partial charge in [-0.2, -0.15) is 0 Å². The summed E-state index contributed by atoms with van der Waals surface area (Å²) in [5, 5.41) is 3.30. The number of nitrogens with one attached hydrogen (secondary N) is 1. The number of rotatable bonds is 4. The van der Waals surface area contributed by atoms with Crippen LogP contribution >= 0.6 is 11.8 Å². The lowest BCUT2D eigenvalue weighted by Gasteiger charge is -2.12. The molecule has 0 aliphatic rings. The Labute approximate surface area is 129 Å². The van der Waals surface area contributed by atoms with Gasteiger partial charge in [0.2, 0.25) is 5.91 Å². The number of thioether (sulfide) groups is 1. The van der Waals surface area contributed by atoms with E-state index in [-0.39, 0.29) is 11.2 Å². The molecule has 0 fully saturated rings. The smallest absolute Gasteiger partial charge is 0.237 e. The number of carbonyl (C=O) groups is 1. The molecule has 1 heterocycles. The van der Waals surface area contributed by atoms with E-state index >= 15 is 0 Å². The Balaban J connectivity index is 2.02. The van der Waals surface area contributed by atoms with Gasteiger partial charge in [-0.05, 0) is 51.5 Å². The van der Waals surface area contributed by atoms with E-state index in [1.807, 2.05) is 58.0 Å². The fraction of sp³-hybridized carbons (Fsp3) is 0.312. The predicted octanol–water partition coefficient (Wildman–Crippen LogP) is 3.52. The minimum absolute atomic E-state index is 0.0478. The highest BCUT2D eigenvalue weighted by Gasteiger charge is 2.16. The van der Waals surface area contributed by atoms with E-state index in [0.29, 0.717) is 5.16 Å². The van der Waals surface area contributed by atoms with Crippen LogP contribution in [0.2, 0.25) is 0 Å². The number of anilines is 1. The molecule has 4 nitrogen and oxygen atoms in total. The third kappa shape index (κ3) is 4.56. The molecule has 5 heteroatoms. The Morgan fingerprint density at radius 1 is 1.14 bits per heavy atom. The van der Waals surface area contributed by atoms with Crippen molar-refractivity contribution in [2.45, 2.75) is 38.1 Å². The lowest BCUT2D eigenvalue weighted by atomic mass is 10.2. The van der Waals surface area contributed by atoms with E-state index in [1.54, 1.807) is 0 Å². The Morgan fingerprint density at radius 2 is 1.81 bits per heavy atom. The molecule has 0 aliphatic carbocycles. The monoisotopic (exact) mass is 301 g/mol. The van der Waals surface area contributed by atoms with Gasteiger partial charge in [0.25, 0.3) is 0 Å². The Bertz CT molecular complexity index is 637. The average molecular weight is 301 g/mol. The van der Waals surface area contributed by atoms with E-state index in [1.165, 1.54) is 11.8 Å². The van der Waals surface area contributed by atoms with Crippen LogP contribution in [0.1, 0.15) is 23.9 Å². The van der Waals surface area contributed by atoms with Gasteiger partial charge < -0.3 is 5.32 Å². The molecule has 0 radical (unpaired) electrons. The second-order valence-corrected chi connectivity index (χ2v) is 6.36. The van der Waals surface area contributed by atoms with Crippen molar-refractivity contribution in [1.82, 2.24) is 9.97 Å². The van der Waals surface area contributed by atoms with Gasteiger partial charge in [-0.25, -0.2) is 9.97 Å². The maximum atomic E-state index is 12.2. The zero-order valence-electron chi connectivity index (χ0n) is 12.7. The maximum Gasteiger partial charge on any atom is 0.237 e. The van der Waals surface area contributed by atoms with E-state index in [2.05, 4.69) is 15.3 Å². The Morgan fingerprint density at radius 3 is 2.43 bits per heavy atom. The van der Waals surface area contributed by atoms with Crippen LogP contribution in [0.4, 0.5) is 5.69 Å². The number of carbonyl (C=O) groups excluding carboxylic acids is 1. The highest BCUT2D eigenvalue weighted by molar-refractivity contribution is 8.00. The van der Waals surface area contributed by atoms with Gasteiger partial charge in [0.1, 0.15) is 0 Å². The van der Waals surface area contributed by atoms with Crippen molar-refractivity contribution >= 4 is 23.4 Å². The van der Waals surface area contributed by atoms with Crippen LogP contribution in [-0.4, -0.2) is 21.1 Å². The molecule has 1 atom stereocenters. The van der Waals surface area contributed by atoms with Crippen molar-refractivity contribution in [3.8, 4) is 0 Å². The summed E-state index contributed by atoms with van der Waals surface area (Å²) in [5.41, 5.74) is 3.76. The van der Waals surface area contributed by atoms with Crippen LogP contribution in [0.5, 0.6) is 0 Å². The van der Waals surface area contributed by atoms with Crippen LogP contribution in [0, 0.1) is 20.8 Å². The summed E-state index contributed by atoms with van der Waals surface area (Å²) in [5.74, 6) is -0.0478. The molecule has 0 bridgehead atoms. The van der Waals surface area contributed by atoms with Crippen molar-refractivity contribution in [1.29, 1.82) is 0 Å². The molecule has 1 N–H and O–H groups in total. The predicted molar refractivity (Wildman–Crippen MR) is 86.6 cm³/mol. The van der Waals surface area contributed by atoms with Gasteiger partial charge in [-0.1, -0.05) is 23.9 Å². The Kier molecular flexibility index (Phi) is 4.96. The van der Waals surface area contributed by atoms with Crippen molar-refractivity contribution < 1.29 is 4.79 Å². The van der Waals surface area contributed by atoms with Gasteiger partial charge in [-0.3, -0.25) is 4.79 Å². The van der Waals surface area contributed by atoms with E-state index in [0.717, 1.165) is 22.6 Å². The number of aromatic nitrogens is 2. The largest absolute Gasteiger partial charge is 0.325 e. The second-order valence-electron chi connectivity index (χ2n) is 5.05. The van der Waals surface area contributed by atoms with Gasteiger partial charge in [0.05, 0.1) is 5.25 Å². The first-order valence-electron chi connectivity index (χ1n) is 6.80. The number of benzene rings is 1. The number of amides is 1. The van der Waals surface area contributed by atoms with Crippen LogP contribution in [0.25, 0.3) is 0 Å². The van der Waals surface area contributed by atoms with Crippen LogP contribution < -0.4 is 5.32 Å². The minimum atomic E-state index is -0.258. The van der Waals surface area contributed by atoms with Gasteiger partial charge in [0, 0.05) is 17.1 Å². The maximum absolute atomic E-state index is 12.2. The topological polar surface area (TPSA) is 54.9 Å². The first-order valence-corrected chi connectivity index (χ1v) is 7.68. The third-order valence-electron chi connectivity index (χ3n) is 2.90. The molecule has 0 saturated heterocycles. The summed E-state index contributed by atoms with van der Waals surface area (Å²) in [6.45, 7) is 7.71. The molecule has 0 aliphatic heterocycles. The number of hydrogen-bond donors (Lipinski definition) is 1. The number of nitrogens with zero attached hydrogens (tertiary/aromatic N) is 2. The van der Waals surface area contributed by atoms with E-state index in [4.69, 9.17) is 0 Å². The van der Waals surface area contributed by atoms with Crippen molar-refractivity contribution in [3.05, 3.63) is 47.3 Å². The van der Waals surface area contributed by atoms with Gasteiger partial charge in [-0.15, -0.1) is 0 Å². The van der Waals surface area contributed by atoms with E-state index in [9.17, 15) is 4.79 Å².